The van der Waals surface area contributed by atoms with Crippen molar-refractivity contribution in [3.05, 3.63) is 0 Å². The van der Waals surface area contributed by atoms with Gasteiger partial charge < -0.3 is 0 Å². The van der Waals surface area contributed by atoms with E-state index in [0.717, 1.165) is 0 Å². The van der Waals surface area contributed by atoms with Gasteiger partial charge >= 0.3 is 20.2 Å². The maximum absolute atomic E-state index is 10.9. The van der Waals surface area contributed by atoms with E-state index in [-0.39, 0.29) is 0 Å². The summed E-state index contributed by atoms with van der Waals surface area (Å²) in [5, 5.41) is -1.91. The van der Waals surface area contributed by atoms with E-state index < -0.39 is 25.3 Å². The zero-order chi connectivity index (χ0) is 9.12. The maximum atomic E-state index is 10.9. The van der Waals surface area contributed by atoms with E-state index in [1.807, 2.05) is 0 Å². The molecule has 0 amide bonds. The summed E-state index contributed by atoms with van der Waals surface area (Å²) in [7, 11) is -9.82. The molecular weight excluding hydrogens is 210 g/mol. The molecule has 0 heterocycles. The molecule has 0 aliphatic heterocycles. The van der Waals surface area contributed by atoms with Gasteiger partial charge in [-0.25, -0.2) is 0 Å². The van der Waals surface area contributed by atoms with E-state index in [1.54, 1.807) is 0 Å². The Balaban J connectivity index is 4.54. The van der Waals surface area contributed by atoms with Gasteiger partial charge in [-0.1, -0.05) is 8.78 Å². The van der Waals surface area contributed by atoms with Crippen molar-refractivity contribution in [1.29, 1.82) is 0 Å². The van der Waals surface area contributed by atoms with Gasteiger partial charge in [0.25, 0.3) is 0 Å². The lowest BCUT2D eigenvalue weighted by Crippen LogP contribution is -2.16. The molecular formula is CH2F2O6S2. The van der Waals surface area contributed by atoms with Gasteiger partial charge in [0.2, 0.25) is 5.08 Å². The van der Waals surface area contributed by atoms with Gasteiger partial charge in [-0.15, -0.1) is 0 Å². The average Bonchev–Trinajstić information content (AvgIpc) is 1.86. The topological polar surface area (TPSA) is 86.7 Å². The molecule has 0 saturated carbocycles. The molecule has 0 bridgehead atoms. The Labute approximate surface area is 60.8 Å². The van der Waals surface area contributed by atoms with Crippen LogP contribution in [0.3, 0.4) is 0 Å². The molecule has 0 spiro atoms. The molecule has 11 heavy (non-hydrogen) atoms. The summed E-state index contributed by atoms with van der Waals surface area (Å²) >= 11 is 0. The first-order chi connectivity index (χ1) is 4.83. The summed E-state index contributed by atoms with van der Waals surface area (Å²) < 4.78 is 66.1. The van der Waals surface area contributed by atoms with E-state index in [0.29, 0.717) is 0 Å². The standard InChI is InChI=1S/CH2F2O6S2/c2-8-10(4,5)1-11(6,7)9-3/h1H2. The van der Waals surface area contributed by atoms with Crippen molar-refractivity contribution < 1.29 is 34.7 Å². The molecule has 0 aliphatic carbocycles. The minimum atomic E-state index is -4.91. The molecule has 0 radical (unpaired) electrons. The molecule has 0 aromatic carbocycles. The van der Waals surface area contributed by atoms with E-state index in [2.05, 4.69) is 8.78 Å². The maximum Gasteiger partial charge on any atom is 0.314 e. The Hall–Kier alpha value is -0.320. The summed E-state index contributed by atoms with van der Waals surface area (Å²) in [5.41, 5.74) is 0. The number of halogens is 2. The molecule has 10 heteroatoms. The summed E-state index contributed by atoms with van der Waals surface area (Å²) in [6.07, 6.45) is 0. The Bertz CT molecular complexity index is 267. The van der Waals surface area contributed by atoms with Gasteiger partial charge in [0, 0.05) is 0 Å². The predicted molar refractivity (Wildman–Crippen MR) is 27.1 cm³/mol. The van der Waals surface area contributed by atoms with Crippen LogP contribution in [0.2, 0.25) is 0 Å². The monoisotopic (exact) mass is 212 g/mol. The number of hydrogen-bond acceptors (Lipinski definition) is 6. The van der Waals surface area contributed by atoms with Gasteiger partial charge in [0.15, 0.2) is 0 Å². The molecule has 0 aromatic rings. The molecule has 0 saturated heterocycles. The van der Waals surface area contributed by atoms with Crippen LogP contribution in [0.4, 0.5) is 9.05 Å². The van der Waals surface area contributed by atoms with Crippen LogP contribution in [0.5, 0.6) is 0 Å². The van der Waals surface area contributed by atoms with E-state index >= 15 is 0 Å². The molecule has 0 aliphatic rings. The second-order valence-electron chi connectivity index (χ2n) is 1.36. The second kappa shape index (κ2) is 3.38. The van der Waals surface area contributed by atoms with Gasteiger partial charge in [0.05, 0.1) is 0 Å². The third-order valence-corrected chi connectivity index (χ3v) is 3.17. The average molecular weight is 212 g/mol. The molecule has 0 N–H and O–H groups in total. The summed E-state index contributed by atoms with van der Waals surface area (Å²) in [6.45, 7) is 0. The van der Waals surface area contributed by atoms with Gasteiger partial charge in [-0.3, -0.25) is 0 Å². The predicted octanol–water partition coefficient (Wildman–Crippen LogP) is -0.594. The highest BCUT2D eigenvalue weighted by Crippen LogP contribution is 2.02. The molecule has 0 unspecified atom stereocenters. The van der Waals surface area contributed by atoms with Crippen LogP contribution >= 0.6 is 0 Å². The molecule has 0 aromatic heterocycles. The number of hydrogen-bond donors (Lipinski definition) is 0. The first-order valence-electron chi connectivity index (χ1n) is 1.89. The second-order valence-corrected chi connectivity index (χ2v) is 4.78. The van der Waals surface area contributed by atoms with Gasteiger partial charge in [0.1, 0.15) is 0 Å². The minimum Gasteiger partial charge on any atom is -0.196 e. The quantitative estimate of drug-likeness (QED) is 0.618. The first kappa shape index (κ1) is 10.7. The number of rotatable bonds is 4. The van der Waals surface area contributed by atoms with E-state index in [4.69, 9.17) is 0 Å². The largest absolute Gasteiger partial charge is 0.314 e. The van der Waals surface area contributed by atoms with Crippen molar-refractivity contribution in [3.8, 4) is 0 Å². The van der Waals surface area contributed by atoms with Crippen molar-refractivity contribution in [2.24, 2.45) is 0 Å². The van der Waals surface area contributed by atoms with Gasteiger partial charge in [-0.2, -0.15) is 16.8 Å². The van der Waals surface area contributed by atoms with Crippen LogP contribution in [-0.2, 0) is 29.0 Å². The first-order valence-corrected chi connectivity index (χ1v) is 5.04. The zero-order valence-corrected chi connectivity index (χ0v) is 6.36. The van der Waals surface area contributed by atoms with Crippen molar-refractivity contribution >= 4 is 20.2 Å². The lowest BCUT2D eigenvalue weighted by atomic mass is 11.9. The van der Waals surface area contributed by atoms with Crippen LogP contribution < -0.4 is 0 Å². The van der Waals surface area contributed by atoms with Crippen LogP contribution in [0.1, 0.15) is 0 Å². The zero-order valence-electron chi connectivity index (χ0n) is 4.73. The Kier molecular flexibility index (Phi) is 3.29. The normalized spacial score (nSPS) is 13.3. The molecule has 0 fully saturated rings. The molecule has 0 atom stereocenters. The summed E-state index contributed by atoms with van der Waals surface area (Å²) in [5.74, 6) is 0. The fraction of sp³-hybridized carbons (Fsp3) is 1.00. The van der Waals surface area contributed by atoms with Crippen molar-refractivity contribution in [2.75, 3.05) is 5.08 Å². The van der Waals surface area contributed by atoms with Crippen molar-refractivity contribution in [1.82, 2.24) is 0 Å². The molecule has 6 nitrogen and oxygen atoms in total. The van der Waals surface area contributed by atoms with Crippen LogP contribution in [0, 0.1) is 0 Å². The summed E-state index contributed by atoms with van der Waals surface area (Å²) in [6, 6.07) is 0. The van der Waals surface area contributed by atoms with Gasteiger partial charge in [-0.05, 0) is 9.05 Å². The lowest BCUT2D eigenvalue weighted by molar-refractivity contribution is -0.00195. The lowest BCUT2D eigenvalue weighted by Gasteiger charge is -1.93. The van der Waals surface area contributed by atoms with Crippen LogP contribution in [-0.4, -0.2) is 21.9 Å². The smallest absolute Gasteiger partial charge is 0.196 e. The fourth-order valence-electron chi connectivity index (χ4n) is 0.213. The van der Waals surface area contributed by atoms with Crippen molar-refractivity contribution in [3.63, 3.8) is 0 Å². The molecule has 68 valence electrons. The Morgan fingerprint density at radius 1 is 0.909 bits per heavy atom. The molecule has 0 rings (SSSR count). The van der Waals surface area contributed by atoms with E-state index in [9.17, 15) is 25.9 Å². The van der Waals surface area contributed by atoms with Crippen LogP contribution in [0.15, 0.2) is 0 Å². The highest BCUT2D eigenvalue weighted by molar-refractivity contribution is 8.03. The Morgan fingerprint density at radius 3 is 1.36 bits per heavy atom. The minimum absolute atomic E-state index is 1.91. The summed E-state index contributed by atoms with van der Waals surface area (Å²) in [4.78, 5) is 0. The Morgan fingerprint density at radius 2 is 1.18 bits per heavy atom. The third kappa shape index (κ3) is 4.19. The SMILES string of the molecule is O=S(=O)(CS(=O)(=O)OF)OF. The highest BCUT2D eigenvalue weighted by atomic mass is 32.3. The highest BCUT2D eigenvalue weighted by Gasteiger charge is 2.25. The van der Waals surface area contributed by atoms with Crippen LogP contribution in [0.25, 0.3) is 0 Å². The fourth-order valence-corrected chi connectivity index (χ4v) is 1.92. The third-order valence-electron chi connectivity index (χ3n) is 0.481. The van der Waals surface area contributed by atoms with Crippen molar-refractivity contribution in [2.45, 2.75) is 0 Å². The van der Waals surface area contributed by atoms with E-state index in [1.165, 1.54) is 0 Å².